The molecule has 4 rings (SSSR count). The Morgan fingerprint density at radius 1 is 0.971 bits per heavy atom. The Morgan fingerprint density at radius 3 is 2.29 bits per heavy atom. The molecule has 1 heterocycles. The Morgan fingerprint density at radius 2 is 1.63 bits per heavy atom. The van der Waals surface area contributed by atoms with Gasteiger partial charge in [0.05, 0.1) is 13.0 Å². The van der Waals surface area contributed by atoms with Gasteiger partial charge in [-0.1, -0.05) is 30.3 Å². The summed E-state index contributed by atoms with van der Waals surface area (Å²) in [5.74, 6) is 0.664. The molecule has 2 amide bonds. The number of carbonyl (C=O) groups is 2. The lowest BCUT2D eigenvalue weighted by atomic mass is 9.96. The highest BCUT2D eigenvalue weighted by Crippen LogP contribution is 2.29. The molecule has 3 aromatic carbocycles. The van der Waals surface area contributed by atoms with E-state index < -0.39 is 6.04 Å². The molecule has 0 saturated carbocycles. The number of ether oxygens (including phenoxy) is 2. The van der Waals surface area contributed by atoms with E-state index in [4.69, 9.17) is 9.47 Å². The second kappa shape index (κ2) is 11.6. The highest BCUT2D eigenvalue weighted by atomic mass is 19.1. The summed E-state index contributed by atoms with van der Waals surface area (Å²) in [6.45, 7) is 0.864. The zero-order valence-electron chi connectivity index (χ0n) is 19.7. The molecule has 0 aliphatic carbocycles. The maximum absolute atomic E-state index is 13.2. The lowest BCUT2D eigenvalue weighted by molar-refractivity contribution is -0.137. The van der Waals surface area contributed by atoms with Crippen LogP contribution in [0.3, 0.4) is 0 Å². The van der Waals surface area contributed by atoms with Crippen LogP contribution in [0.1, 0.15) is 18.4 Å². The molecule has 1 unspecified atom stereocenters. The molecule has 1 N–H and O–H groups in total. The van der Waals surface area contributed by atoms with Crippen LogP contribution in [0.4, 0.5) is 10.1 Å². The molecule has 0 radical (unpaired) electrons. The lowest BCUT2D eigenvalue weighted by Crippen LogP contribution is -2.43. The van der Waals surface area contributed by atoms with E-state index in [-0.39, 0.29) is 30.0 Å². The minimum atomic E-state index is -0.539. The number of anilines is 1. The predicted molar refractivity (Wildman–Crippen MR) is 132 cm³/mol. The highest BCUT2D eigenvalue weighted by Gasteiger charge is 2.39. The minimum absolute atomic E-state index is 0.0781. The van der Waals surface area contributed by atoms with Crippen LogP contribution in [-0.4, -0.2) is 43.0 Å². The molecule has 1 saturated heterocycles. The summed E-state index contributed by atoms with van der Waals surface area (Å²) in [6.07, 6.45) is 1.66. The second-order valence-corrected chi connectivity index (χ2v) is 8.67. The van der Waals surface area contributed by atoms with Crippen molar-refractivity contribution in [3.8, 4) is 11.5 Å². The van der Waals surface area contributed by atoms with Crippen LogP contribution in [0.15, 0.2) is 78.9 Å². The normalized spacial score (nSPS) is 17.3. The van der Waals surface area contributed by atoms with Crippen LogP contribution < -0.4 is 10.1 Å². The van der Waals surface area contributed by atoms with Gasteiger partial charge < -0.3 is 19.7 Å². The third-order valence-electron chi connectivity index (χ3n) is 6.07. The summed E-state index contributed by atoms with van der Waals surface area (Å²) in [7, 11) is 1.56. The number of hydrogen-bond donors (Lipinski definition) is 1. The number of hydrogen-bond acceptors (Lipinski definition) is 4. The smallest absolute Gasteiger partial charge is 0.247 e. The molecular formula is C28H29FN2O4. The second-order valence-electron chi connectivity index (χ2n) is 8.67. The fourth-order valence-electron chi connectivity index (χ4n) is 4.35. The number of halogens is 1. The topological polar surface area (TPSA) is 67.9 Å². The van der Waals surface area contributed by atoms with Gasteiger partial charge >= 0.3 is 0 Å². The molecule has 0 aromatic heterocycles. The number of nitrogens with one attached hydrogen (secondary N) is 1. The quantitative estimate of drug-likeness (QED) is 0.469. The zero-order valence-corrected chi connectivity index (χ0v) is 19.7. The number of nitrogens with zero attached hydrogens (tertiary/aromatic N) is 1. The molecule has 7 heteroatoms. The number of carbonyl (C=O) groups excluding carboxylic acids is 2. The van der Waals surface area contributed by atoms with Crippen molar-refractivity contribution in [1.29, 1.82) is 0 Å². The molecular weight excluding hydrogens is 447 g/mol. The summed E-state index contributed by atoms with van der Waals surface area (Å²) >= 11 is 0. The zero-order chi connectivity index (χ0) is 24.6. The molecule has 0 bridgehead atoms. The van der Waals surface area contributed by atoms with E-state index in [0.717, 1.165) is 6.42 Å². The average molecular weight is 477 g/mol. The summed E-state index contributed by atoms with van der Waals surface area (Å²) in [5, 5.41) is 2.94. The monoisotopic (exact) mass is 476 g/mol. The van der Waals surface area contributed by atoms with Crippen molar-refractivity contribution in [2.24, 2.45) is 5.92 Å². The molecule has 6 nitrogen and oxygen atoms in total. The van der Waals surface area contributed by atoms with Gasteiger partial charge in [0.15, 0.2) is 0 Å². The van der Waals surface area contributed by atoms with Crippen molar-refractivity contribution < 1.29 is 23.5 Å². The highest BCUT2D eigenvalue weighted by molar-refractivity contribution is 5.97. The summed E-state index contributed by atoms with van der Waals surface area (Å²) < 4.78 is 23.8. The van der Waals surface area contributed by atoms with Crippen LogP contribution in [0, 0.1) is 11.7 Å². The summed E-state index contributed by atoms with van der Waals surface area (Å²) in [4.78, 5) is 27.7. The van der Waals surface area contributed by atoms with Gasteiger partial charge in [-0.2, -0.15) is 0 Å². The first-order valence-electron chi connectivity index (χ1n) is 11.7. The van der Waals surface area contributed by atoms with Crippen LogP contribution in [-0.2, 0) is 20.7 Å². The van der Waals surface area contributed by atoms with Gasteiger partial charge in [-0.3, -0.25) is 9.59 Å². The SMILES string of the molecule is COCCC(=O)N1CC(Cc2ccccc2)C[C@H]1C(=O)Nc1ccc(Oc2ccc(F)cc2)cc1. The van der Waals surface area contributed by atoms with Crippen molar-refractivity contribution >= 4 is 17.5 Å². The molecule has 1 aliphatic rings. The van der Waals surface area contributed by atoms with Gasteiger partial charge in [0.25, 0.3) is 0 Å². The fourth-order valence-corrected chi connectivity index (χ4v) is 4.35. The van der Waals surface area contributed by atoms with Crippen molar-refractivity contribution in [3.63, 3.8) is 0 Å². The van der Waals surface area contributed by atoms with Crippen molar-refractivity contribution in [2.75, 3.05) is 25.6 Å². The Kier molecular flexibility index (Phi) is 8.11. The maximum Gasteiger partial charge on any atom is 0.247 e. The molecule has 2 atom stereocenters. The molecule has 1 fully saturated rings. The van der Waals surface area contributed by atoms with Gasteiger partial charge in [-0.15, -0.1) is 0 Å². The Balaban J connectivity index is 1.41. The van der Waals surface area contributed by atoms with E-state index in [1.165, 1.54) is 17.7 Å². The first-order chi connectivity index (χ1) is 17.0. The lowest BCUT2D eigenvalue weighted by Gasteiger charge is -2.24. The predicted octanol–water partition coefficient (Wildman–Crippen LogP) is 5.05. The van der Waals surface area contributed by atoms with E-state index in [0.29, 0.717) is 36.8 Å². The van der Waals surface area contributed by atoms with Gasteiger partial charge in [0.2, 0.25) is 11.8 Å². The molecule has 3 aromatic rings. The van der Waals surface area contributed by atoms with E-state index in [1.807, 2.05) is 18.2 Å². The van der Waals surface area contributed by atoms with Crippen LogP contribution >= 0.6 is 0 Å². The third kappa shape index (κ3) is 6.67. The standard InChI is InChI=1S/C28H29FN2O4/c1-34-16-15-27(32)31-19-21(17-20-5-3-2-4-6-20)18-26(31)28(33)30-23-9-13-25(14-10-23)35-24-11-7-22(29)8-12-24/h2-14,21,26H,15-19H2,1H3,(H,30,33)/t21?,26-/m0/s1. The number of methoxy groups -OCH3 is 1. The third-order valence-corrected chi connectivity index (χ3v) is 6.07. The van der Waals surface area contributed by atoms with Crippen molar-refractivity contribution in [3.05, 3.63) is 90.2 Å². The number of rotatable bonds is 9. The van der Waals surface area contributed by atoms with Gasteiger partial charge in [-0.05, 0) is 72.9 Å². The number of likely N-dealkylation sites (tertiary alicyclic amines) is 1. The first-order valence-corrected chi connectivity index (χ1v) is 11.7. The summed E-state index contributed by atoms with van der Waals surface area (Å²) in [6, 6.07) is 22.3. The van der Waals surface area contributed by atoms with Crippen molar-refractivity contribution in [2.45, 2.75) is 25.3 Å². The van der Waals surface area contributed by atoms with E-state index in [2.05, 4.69) is 17.4 Å². The van der Waals surface area contributed by atoms with Crippen LogP contribution in [0.25, 0.3) is 0 Å². The largest absolute Gasteiger partial charge is 0.457 e. The number of benzene rings is 3. The maximum atomic E-state index is 13.2. The van der Waals surface area contributed by atoms with E-state index in [1.54, 1.807) is 48.4 Å². The number of amides is 2. The fraction of sp³-hybridized carbons (Fsp3) is 0.286. The molecule has 35 heavy (non-hydrogen) atoms. The first kappa shape index (κ1) is 24.4. The van der Waals surface area contributed by atoms with Crippen LogP contribution in [0.2, 0.25) is 0 Å². The molecule has 1 aliphatic heterocycles. The minimum Gasteiger partial charge on any atom is -0.457 e. The van der Waals surface area contributed by atoms with Gasteiger partial charge in [0, 0.05) is 19.3 Å². The van der Waals surface area contributed by atoms with Gasteiger partial charge in [0.1, 0.15) is 23.4 Å². The Hall–Kier alpha value is -3.71. The Labute approximate surface area is 204 Å². The molecule has 0 spiro atoms. The van der Waals surface area contributed by atoms with E-state index in [9.17, 15) is 14.0 Å². The van der Waals surface area contributed by atoms with E-state index >= 15 is 0 Å². The Bertz CT molecular complexity index is 1120. The van der Waals surface area contributed by atoms with Crippen LogP contribution in [0.5, 0.6) is 11.5 Å². The van der Waals surface area contributed by atoms with Crippen molar-refractivity contribution in [1.82, 2.24) is 4.90 Å². The van der Waals surface area contributed by atoms with Gasteiger partial charge in [-0.25, -0.2) is 4.39 Å². The summed E-state index contributed by atoms with van der Waals surface area (Å²) in [5.41, 5.74) is 1.80. The average Bonchev–Trinajstić information content (AvgIpc) is 3.30. The molecule has 182 valence electrons.